The van der Waals surface area contributed by atoms with Gasteiger partial charge in [-0.15, -0.1) is 0 Å². The van der Waals surface area contributed by atoms with Crippen LogP contribution in [-0.4, -0.2) is 24.4 Å². The molecule has 2 amide bonds. The van der Waals surface area contributed by atoms with Crippen molar-refractivity contribution in [3.63, 3.8) is 0 Å². The Morgan fingerprint density at radius 2 is 2.33 bits per heavy atom. The van der Waals surface area contributed by atoms with Gasteiger partial charge in [-0.1, -0.05) is 0 Å². The van der Waals surface area contributed by atoms with Gasteiger partial charge in [-0.2, -0.15) is 0 Å². The van der Waals surface area contributed by atoms with Crippen LogP contribution in [0.4, 0.5) is 0 Å². The second-order valence-electron chi connectivity index (χ2n) is 4.27. The lowest BCUT2D eigenvalue weighted by molar-refractivity contribution is -0.129. The van der Waals surface area contributed by atoms with Crippen molar-refractivity contribution in [2.75, 3.05) is 6.54 Å². The molecule has 0 spiro atoms. The minimum absolute atomic E-state index is 0.182. The molecule has 0 aromatic carbocycles. The van der Waals surface area contributed by atoms with Crippen LogP contribution >= 0.6 is 0 Å². The van der Waals surface area contributed by atoms with E-state index >= 15 is 0 Å². The summed E-state index contributed by atoms with van der Waals surface area (Å²) in [7, 11) is 0. The summed E-state index contributed by atoms with van der Waals surface area (Å²) in [5.74, 6) is 0.352. The number of hydrogen-bond acceptors (Lipinski definition) is 4. The van der Waals surface area contributed by atoms with E-state index in [1.54, 1.807) is 12.3 Å². The highest BCUT2D eigenvalue weighted by Crippen LogP contribution is 2.04. The Balaban J connectivity index is 1.63. The molecule has 6 nitrogen and oxygen atoms in total. The van der Waals surface area contributed by atoms with Gasteiger partial charge in [-0.25, -0.2) is 0 Å². The smallest absolute Gasteiger partial charge is 0.255 e. The summed E-state index contributed by atoms with van der Waals surface area (Å²) in [6.45, 7) is 0.852. The van der Waals surface area contributed by atoms with Crippen LogP contribution in [0.1, 0.15) is 25.0 Å². The second-order valence-corrected chi connectivity index (χ2v) is 4.27. The number of aryl methyl sites for hydroxylation is 1. The lowest BCUT2D eigenvalue weighted by atomic mass is 10.2. The van der Waals surface area contributed by atoms with Crippen molar-refractivity contribution in [3.8, 4) is 0 Å². The molecule has 1 fully saturated rings. The van der Waals surface area contributed by atoms with Gasteiger partial charge in [0.2, 0.25) is 5.91 Å². The second kappa shape index (κ2) is 6.20. The Morgan fingerprint density at radius 3 is 3.00 bits per heavy atom. The summed E-state index contributed by atoms with van der Waals surface area (Å²) in [6, 6.07) is 3.41. The maximum absolute atomic E-state index is 11.6. The fourth-order valence-corrected chi connectivity index (χ4v) is 1.88. The highest BCUT2D eigenvalue weighted by molar-refractivity contribution is 5.85. The Bertz CT molecular complexity index is 397. The average molecular weight is 251 g/mol. The van der Waals surface area contributed by atoms with Crippen LogP contribution in [-0.2, 0) is 16.0 Å². The maximum Gasteiger partial charge on any atom is 0.255 e. The van der Waals surface area contributed by atoms with Crippen LogP contribution in [0, 0.1) is 0 Å². The van der Waals surface area contributed by atoms with Crippen LogP contribution in [0.25, 0.3) is 0 Å². The highest BCUT2D eigenvalue weighted by Gasteiger charge is 2.21. The first-order valence-electron chi connectivity index (χ1n) is 6.10. The zero-order chi connectivity index (χ0) is 12.8. The molecule has 3 N–H and O–H groups in total. The first kappa shape index (κ1) is 12.6. The molecule has 18 heavy (non-hydrogen) atoms. The van der Waals surface area contributed by atoms with E-state index in [0.29, 0.717) is 6.42 Å². The van der Waals surface area contributed by atoms with Gasteiger partial charge in [-0.05, 0) is 31.5 Å². The van der Waals surface area contributed by atoms with E-state index in [1.165, 1.54) is 0 Å². The zero-order valence-electron chi connectivity index (χ0n) is 10.1. The predicted octanol–water partition coefficient (Wildman–Crippen LogP) is 0.112. The Hall–Kier alpha value is -1.82. The summed E-state index contributed by atoms with van der Waals surface area (Å²) in [5, 5.41) is 3.06. The fourth-order valence-electron chi connectivity index (χ4n) is 1.88. The number of carbonyl (C=O) groups excluding carboxylic acids is 2. The van der Waals surface area contributed by atoms with Gasteiger partial charge in [0.15, 0.2) is 0 Å². The molecule has 0 radical (unpaired) electrons. The van der Waals surface area contributed by atoms with Crippen molar-refractivity contribution in [1.29, 1.82) is 0 Å². The third kappa shape index (κ3) is 3.59. The molecule has 1 atom stereocenters. The van der Waals surface area contributed by atoms with Crippen LogP contribution in [0.15, 0.2) is 22.8 Å². The number of rotatable bonds is 4. The van der Waals surface area contributed by atoms with E-state index in [0.717, 1.165) is 25.1 Å². The topological polar surface area (TPSA) is 83.4 Å². The van der Waals surface area contributed by atoms with Gasteiger partial charge in [0.25, 0.3) is 5.91 Å². The van der Waals surface area contributed by atoms with E-state index < -0.39 is 0 Å². The van der Waals surface area contributed by atoms with Gasteiger partial charge in [-0.3, -0.25) is 20.4 Å². The quantitative estimate of drug-likeness (QED) is 0.663. The van der Waals surface area contributed by atoms with E-state index in [2.05, 4.69) is 16.2 Å². The SMILES string of the molecule is O=C(CCc1ccco1)NNC(=O)C1CCCN1. The molecular formula is C12H17N3O3. The van der Waals surface area contributed by atoms with Gasteiger partial charge in [0.05, 0.1) is 12.3 Å². The number of hydrogen-bond donors (Lipinski definition) is 3. The van der Waals surface area contributed by atoms with Crippen molar-refractivity contribution < 1.29 is 14.0 Å². The number of nitrogens with one attached hydrogen (secondary N) is 3. The standard InChI is InChI=1S/C12H17N3O3/c16-11(6-5-9-3-2-8-18-9)14-15-12(17)10-4-1-7-13-10/h2-3,8,10,13H,1,4-7H2,(H,14,16)(H,15,17). The zero-order valence-corrected chi connectivity index (χ0v) is 10.1. The normalized spacial score (nSPS) is 18.6. The summed E-state index contributed by atoms with van der Waals surface area (Å²) in [5.41, 5.74) is 4.82. The van der Waals surface area contributed by atoms with Crippen molar-refractivity contribution in [2.45, 2.75) is 31.7 Å². The lowest BCUT2D eigenvalue weighted by Crippen LogP contribution is -2.49. The minimum Gasteiger partial charge on any atom is -0.469 e. The largest absolute Gasteiger partial charge is 0.469 e. The van der Waals surface area contributed by atoms with Crippen molar-refractivity contribution in [1.82, 2.24) is 16.2 Å². The maximum atomic E-state index is 11.6. The fraction of sp³-hybridized carbons (Fsp3) is 0.500. The van der Waals surface area contributed by atoms with Crippen molar-refractivity contribution in [2.24, 2.45) is 0 Å². The molecule has 1 saturated heterocycles. The van der Waals surface area contributed by atoms with E-state index in [4.69, 9.17) is 4.42 Å². The lowest BCUT2D eigenvalue weighted by Gasteiger charge is -2.11. The molecular weight excluding hydrogens is 234 g/mol. The molecule has 6 heteroatoms. The third-order valence-corrected chi connectivity index (χ3v) is 2.88. The summed E-state index contributed by atoms with van der Waals surface area (Å²) < 4.78 is 5.11. The van der Waals surface area contributed by atoms with E-state index in [1.807, 2.05) is 6.07 Å². The molecule has 1 aliphatic heterocycles. The first-order chi connectivity index (χ1) is 8.75. The van der Waals surface area contributed by atoms with Crippen LogP contribution in [0.5, 0.6) is 0 Å². The number of amides is 2. The summed E-state index contributed by atoms with van der Waals surface area (Å²) in [6.07, 6.45) is 4.18. The Morgan fingerprint density at radius 1 is 1.44 bits per heavy atom. The minimum atomic E-state index is -0.224. The van der Waals surface area contributed by atoms with Gasteiger partial charge >= 0.3 is 0 Å². The van der Waals surface area contributed by atoms with Gasteiger partial charge in [0, 0.05) is 12.8 Å². The Kier molecular flexibility index (Phi) is 4.35. The average Bonchev–Trinajstić information content (AvgIpc) is 3.05. The van der Waals surface area contributed by atoms with Crippen molar-refractivity contribution >= 4 is 11.8 Å². The number of carbonyl (C=O) groups is 2. The molecule has 98 valence electrons. The molecule has 1 aliphatic rings. The number of hydrazine groups is 1. The highest BCUT2D eigenvalue weighted by atomic mass is 16.3. The molecule has 2 rings (SSSR count). The summed E-state index contributed by atoms with van der Waals surface area (Å²) in [4.78, 5) is 23.0. The molecule has 1 aromatic heterocycles. The monoisotopic (exact) mass is 251 g/mol. The predicted molar refractivity (Wildman–Crippen MR) is 64.3 cm³/mol. The van der Waals surface area contributed by atoms with E-state index in [9.17, 15) is 9.59 Å². The van der Waals surface area contributed by atoms with Gasteiger partial charge in [0.1, 0.15) is 5.76 Å². The third-order valence-electron chi connectivity index (χ3n) is 2.88. The van der Waals surface area contributed by atoms with Crippen molar-refractivity contribution in [3.05, 3.63) is 24.2 Å². The van der Waals surface area contributed by atoms with Crippen LogP contribution in [0.2, 0.25) is 0 Å². The van der Waals surface area contributed by atoms with E-state index in [-0.39, 0.29) is 24.3 Å². The molecule has 1 aromatic rings. The Labute approximate surface area is 105 Å². The first-order valence-corrected chi connectivity index (χ1v) is 6.10. The molecule has 0 bridgehead atoms. The van der Waals surface area contributed by atoms with Crippen LogP contribution < -0.4 is 16.2 Å². The van der Waals surface area contributed by atoms with Gasteiger partial charge < -0.3 is 9.73 Å². The molecule has 2 heterocycles. The summed E-state index contributed by atoms with van der Waals surface area (Å²) >= 11 is 0. The molecule has 0 aliphatic carbocycles. The molecule has 0 saturated carbocycles. The number of furan rings is 1. The molecule has 1 unspecified atom stereocenters. The van der Waals surface area contributed by atoms with Crippen LogP contribution in [0.3, 0.4) is 0 Å².